The van der Waals surface area contributed by atoms with Gasteiger partial charge < -0.3 is 5.11 Å². The van der Waals surface area contributed by atoms with Gasteiger partial charge in [-0.3, -0.25) is 0 Å². The van der Waals surface area contributed by atoms with E-state index in [0.717, 1.165) is 0 Å². The van der Waals surface area contributed by atoms with E-state index in [1.807, 2.05) is 0 Å². The third kappa shape index (κ3) is 3.72. The summed E-state index contributed by atoms with van der Waals surface area (Å²) in [6, 6.07) is 10.8. The van der Waals surface area contributed by atoms with Gasteiger partial charge in [0.2, 0.25) is 0 Å². The molecule has 0 aliphatic heterocycles. The molecule has 122 valence electrons. The van der Waals surface area contributed by atoms with Crippen LogP contribution in [0.4, 0.5) is 0 Å². The van der Waals surface area contributed by atoms with Crippen LogP contribution in [0.2, 0.25) is 18.6 Å². The molecule has 1 aromatic rings. The molecule has 3 atom stereocenters. The van der Waals surface area contributed by atoms with Crippen LogP contribution >= 0.6 is 0 Å². The number of aliphatic hydroxyl groups excluding tert-OH is 1. The zero-order chi connectivity index (χ0) is 16.2. The van der Waals surface area contributed by atoms with Gasteiger partial charge in [-0.1, -0.05) is 80.9 Å². The van der Waals surface area contributed by atoms with Crippen molar-refractivity contribution in [2.45, 2.75) is 63.8 Å². The van der Waals surface area contributed by atoms with Crippen LogP contribution in [0.3, 0.4) is 0 Å². The van der Waals surface area contributed by atoms with Gasteiger partial charge in [0.15, 0.2) is 0 Å². The zero-order valence-corrected chi connectivity index (χ0v) is 15.5. The van der Waals surface area contributed by atoms with E-state index in [0.29, 0.717) is 17.4 Å². The van der Waals surface area contributed by atoms with Crippen LogP contribution in [-0.4, -0.2) is 19.3 Å². The lowest BCUT2D eigenvalue weighted by Gasteiger charge is -2.40. The van der Waals surface area contributed by atoms with Crippen molar-refractivity contribution in [2.24, 2.45) is 11.8 Å². The summed E-state index contributed by atoms with van der Waals surface area (Å²) >= 11 is 0. The Hall–Kier alpha value is -0.863. The van der Waals surface area contributed by atoms with Crippen molar-refractivity contribution in [3.05, 3.63) is 43.0 Å². The maximum atomic E-state index is 10.9. The Morgan fingerprint density at radius 2 is 1.73 bits per heavy atom. The van der Waals surface area contributed by atoms with E-state index in [4.69, 9.17) is 0 Å². The largest absolute Gasteiger partial charge is 0.393 e. The van der Waals surface area contributed by atoms with Crippen molar-refractivity contribution in [3.8, 4) is 0 Å². The van der Waals surface area contributed by atoms with E-state index in [-0.39, 0.29) is 6.10 Å². The molecule has 1 fully saturated rings. The van der Waals surface area contributed by atoms with Crippen molar-refractivity contribution in [1.29, 1.82) is 0 Å². The highest BCUT2D eigenvalue weighted by atomic mass is 28.3. The van der Waals surface area contributed by atoms with Crippen LogP contribution < -0.4 is 5.19 Å². The zero-order valence-electron chi connectivity index (χ0n) is 14.5. The second-order valence-corrected chi connectivity index (χ2v) is 12.3. The molecule has 1 N–H and O–H groups in total. The van der Waals surface area contributed by atoms with Crippen LogP contribution in [0.25, 0.3) is 0 Å². The Bertz CT molecular complexity index is 462. The van der Waals surface area contributed by atoms with Crippen molar-refractivity contribution < 1.29 is 5.11 Å². The number of hydrogen-bond donors (Lipinski definition) is 1. The predicted molar refractivity (Wildman–Crippen MR) is 99.3 cm³/mol. The fraction of sp³-hybridized carbons (Fsp3) is 0.600. The topological polar surface area (TPSA) is 20.2 Å². The molecule has 0 amide bonds. The molecule has 2 rings (SSSR count). The summed E-state index contributed by atoms with van der Waals surface area (Å²) < 4.78 is 0. The van der Waals surface area contributed by atoms with Crippen LogP contribution in [0, 0.1) is 11.8 Å². The predicted octanol–water partition coefficient (Wildman–Crippen LogP) is 4.74. The second kappa shape index (κ2) is 7.61. The molecule has 1 aliphatic rings. The van der Waals surface area contributed by atoms with E-state index in [9.17, 15) is 5.11 Å². The quantitative estimate of drug-likeness (QED) is 0.594. The first-order chi connectivity index (χ1) is 10.5. The minimum atomic E-state index is -1.68. The summed E-state index contributed by atoms with van der Waals surface area (Å²) in [5, 5.41) is 12.4. The number of hydrogen-bond acceptors (Lipinski definition) is 1. The molecule has 2 heteroatoms. The van der Waals surface area contributed by atoms with Gasteiger partial charge in [-0.2, -0.15) is 0 Å². The molecule has 0 bridgehead atoms. The van der Waals surface area contributed by atoms with Crippen molar-refractivity contribution in [3.63, 3.8) is 0 Å². The van der Waals surface area contributed by atoms with Crippen molar-refractivity contribution in [1.82, 2.24) is 0 Å². The number of aliphatic hydroxyl groups is 1. The van der Waals surface area contributed by atoms with Gasteiger partial charge in [0, 0.05) is 0 Å². The first-order valence-corrected chi connectivity index (χ1v) is 11.9. The molecule has 0 saturated heterocycles. The SMILES string of the molecule is C=CC(C(C)C(O)C1CCCCC1)[Si](C)(C)c1ccccc1. The third-order valence-corrected chi connectivity index (χ3v) is 10.1. The van der Waals surface area contributed by atoms with Crippen molar-refractivity contribution in [2.75, 3.05) is 0 Å². The molecule has 0 heterocycles. The Kier molecular flexibility index (Phi) is 6.05. The van der Waals surface area contributed by atoms with E-state index in [1.165, 1.54) is 37.3 Å². The summed E-state index contributed by atoms with van der Waals surface area (Å²) in [5.74, 6) is 0.786. The molecule has 3 unspecified atom stereocenters. The van der Waals surface area contributed by atoms with Gasteiger partial charge in [0.25, 0.3) is 0 Å². The first kappa shape index (κ1) is 17.5. The standard InChI is InChI=1S/C20H32OSi/c1-5-19(22(3,4)18-14-10-7-11-15-18)16(2)20(21)17-12-8-6-9-13-17/h5,7,10-11,14-17,19-21H,1,6,8-9,12-13H2,2-4H3. The highest BCUT2D eigenvalue weighted by Gasteiger charge is 2.39. The Morgan fingerprint density at radius 1 is 1.14 bits per heavy atom. The monoisotopic (exact) mass is 316 g/mol. The van der Waals surface area contributed by atoms with Gasteiger partial charge in [-0.05, 0) is 30.2 Å². The molecule has 1 saturated carbocycles. The molecule has 22 heavy (non-hydrogen) atoms. The fourth-order valence-electron chi connectivity index (χ4n) is 4.34. The van der Waals surface area contributed by atoms with Crippen molar-refractivity contribution >= 4 is 13.3 Å². The number of rotatable bonds is 6. The van der Waals surface area contributed by atoms with Gasteiger partial charge in [0.05, 0.1) is 14.2 Å². The summed E-state index contributed by atoms with van der Waals surface area (Å²) in [6.45, 7) is 11.2. The van der Waals surface area contributed by atoms with Gasteiger partial charge in [-0.25, -0.2) is 0 Å². The van der Waals surface area contributed by atoms with E-state index >= 15 is 0 Å². The maximum Gasteiger partial charge on any atom is 0.0877 e. The second-order valence-electron chi connectivity index (χ2n) is 7.60. The molecular formula is C20H32OSi. The molecule has 1 aliphatic carbocycles. The smallest absolute Gasteiger partial charge is 0.0877 e. The molecule has 1 nitrogen and oxygen atoms in total. The van der Waals surface area contributed by atoms with Gasteiger partial charge in [-0.15, -0.1) is 6.58 Å². The fourth-order valence-corrected chi connectivity index (χ4v) is 7.88. The maximum absolute atomic E-state index is 10.9. The minimum absolute atomic E-state index is 0.182. The third-order valence-electron chi connectivity index (χ3n) is 5.84. The normalized spacial score (nSPS) is 21.1. The number of allylic oxidation sites excluding steroid dienone is 1. The van der Waals surface area contributed by atoms with Crippen LogP contribution in [-0.2, 0) is 0 Å². The Morgan fingerprint density at radius 3 is 2.27 bits per heavy atom. The summed E-state index contributed by atoms with van der Waals surface area (Å²) in [4.78, 5) is 0. The lowest BCUT2D eigenvalue weighted by atomic mass is 9.80. The Balaban J connectivity index is 2.17. The van der Waals surface area contributed by atoms with Gasteiger partial charge in [0.1, 0.15) is 0 Å². The minimum Gasteiger partial charge on any atom is -0.393 e. The lowest BCUT2D eigenvalue weighted by Crippen LogP contribution is -2.50. The molecular weight excluding hydrogens is 284 g/mol. The highest BCUT2D eigenvalue weighted by molar-refractivity contribution is 6.91. The molecule has 0 radical (unpaired) electrons. The van der Waals surface area contributed by atoms with Crippen LogP contribution in [0.1, 0.15) is 39.0 Å². The molecule has 0 aromatic heterocycles. The van der Waals surface area contributed by atoms with Crippen LogP contribution in [0.5, 0.6) is 0 Å². The van der Waals surface area contributed by atoms with E-state index in [2.05, 4.69) is 63.0 Å². The molecule has 1 aromatic carbocycles. The summed E-state index contributed by atoms with van der Waals surface area (Å²) in [7, 11) is -1.68. The summed E-state index contributed by atoms with van der Waals surface area (Å²) in [5.41, 5.74) is 0.409. The van der Waals surface area contributed by atoms with E-state index < -0.39 is 8.07 Å². The van der Waals surface area contributed by atoms with Gasteiger partial charge >= 0.3 is 0 Å². The number of benzene rings is 1. The first-order valence-electron chi connectivity index (χ1n) is 8.84. The van der Waals surface area contributed by atoms with E-state index in [1.54, 1.807) is 0 Å². The average Bonchev–Trinajstić information content (AvgIpc) is 2.56. The average molecular weight is 317 g/mol. The highest BCUT2D eigenvalue weighted by Crippen LogP contribution is 2.38. The molecule has 0 spiro atoms. The van der Waals surface area contributed by atoms with Crippen LogP contribution in [0.15, 0.2) is 43.0 Å². The lowest BCUT2D eigenvalue weighted by molar-refractivity contribution is 0.0403. The Labute approximate surface area is 137 Å². The summed E-state index contributed by atoms with van der Waals surface area (Å²) in [6.07, 6.45) is 8.24.